The van der Waals surface area contributed by atoms with E-state index in [9.17, 15) is 9.90 Å². The number of hydrogen-bond acceptors (Lipinski definition) is 6. The number of carbonyl (C=O) groups excluding carboxylic acids is 1. The quantitative estimate of drug-likeness (QED) is 0.337. The van der Waals surface area contributed by atoms with Crippen LogP contribution in [0.5, 0.6) is 5.75 Å². The number of aromatic nitrogens is 3. The number of halogens is 1. The van der Waals surface area contributed by atoms with Crippen LogP contribution in [0.1, 0.15) is 23.7 Å². The zero-order valence-electron chi connectivity index (χ0n) is 17.0. The van der Waals surface area contributed by atoms with Crippen LogP contribution < -0.4 is 5.32 Å². The fraction of sp³-hybridized carbons (Fsp3) is 0.227. The molecule has 0 aliphatic carbocycles. The van der Waals surface area contributed by atoms with Gasteiger partial charge >= 0.3 is 0 Å². The number of thiophene rings is 1. The second kappa shape index (κ2) is 9.49. The van der Waals surface area contributed by atoms with Crippen molar-refractivity contribution in [2.75, 3.05) is 25.0 Å². The largest absolute Gasteiger partial charge is 0.507 e. The predicted molar refractivity (Wildman–Crippen MR) is 127 cm³/mol. The number of carbonyl (C=O) groups is 1. The van der Waals surface area contributed by atoms with Crippen molar-refractivity contribution in [2.45, 2.75) is 13.3 Å². The predicted octanol–water partition coefficient (Wildman–Crippen LogP) is 4.89. The van der Waals surface area contributed by atoms with E-state index in [0.29, 0.717) is 36.5 Å². The minimum absolute atomic E-state index is 0.0629. The third-order valence-electron chi connectivity index (χ3n) is 4.96. The van der Waals surface area contributed by atoms with Gasteiger partial charge in [0.25, 0.3) is 5.91 Å². The number of phenols is 1. The van der Waals surface area contributed by atoms with E-state index in [-0.39, 0.29) is 11.7 Å². The maximum absolute atomic E-state index is 12.6. The number of nitrogens with one attached hydrogen (secondary N) is 1. The molecule has 0 unspecified atom stereocenters. The summed E-state index contributed by atoms with van der Waals surface area (Å²) in [6, 6.07) is 10.8. The second-order valence-corrected chi connectivity index (χ2v) is 8.58. The molecule has 0 radical (unpaired) electrons. The Morgan fingerprint density at radius 1 is 1.32 bits per heavy atom. The number of amides is 1. The second-order valence-electron chi connectivity index (χ2n) is 6.95. The van der Waals surface area contributed by atoms with Crippen molar-refractivity contribution in [2.24, 2.45) is 0 Å². The van der Waals surface area contributed by atoms with E-state index in [1.165, 1.54) is 11.3 Å². The van der Waals surface area contributed by atoms with Crippen molar-refractivity contribution in [1.82, 2.24) is 19.5 Å². The molecule has 0 spiro atoms. The Morgan fingerprint density at radius 2 is 2.16 bits per heavy atom. The van der Waals surface area contributed by atoms with Crippen molar-refractivity contribution >= 4 is 44.6 Å². The first-order chi connectivity index (χ1) is 15.1. The van der Waals surface area contributed by atoms with Crippen LogP contribution in [0.2, 0.25) is 0 Å². The van der Waals surface area contributed by atoms with Gasteiger partial charge in [-0.2, -0.15) is 21.0 Å². The zero-order chi connectivity index (χ0) is 21.8. The van der Waals surface area contributed by atoms with Crippen LogP contribution in [0.25, 0.3) is 16.9 Å². The summed E-state index contributed by atoms with van der Waals surface area (Å²) in [7, 11) is 0. The lowest BCUT2D eigenvalue weighted by molar-refractivity contribution is 0.0764. The van der Waals surface area contributed by atoms with Crippen LogP contribution in [-0.2, 0) is 0 Å². The van der Waals surface area contributed by atoms with E-state index in [2.05, 4.69) is 31.3 Å². The highest BCUT2D eigenvalue weighted by atomic mass is 79.9. The summed E-state index contributed by atoms with van der Waals surface area (Å²) < 4.78 is 2.49. The van der Waals surface area contributed by atoms with Gasteiger partial charge in [0.1, 0.15) is 11.6 Å². The van der Waals surface area contributed by atoms with Gasteiger partial charge in [-0.15, -0.1) is 0 Å². The van der Waals surface area contributed by atoms with Crippen molar-refractivity contribution in [1.29, 1.82) is 0 Å². The van der Waals surface area contributed by atoms with E-state index >= 15 is 0 Å². The molecule has 3 heterocycles. The lowest BCUT2D eigenvalue weighted by Crippen LogP contribution is -2.32. The normalized spacial score (nSPS) is 11.0. The average molecular weight is 500 g/mol. The summed E-state index contributed by atoms with van der Waals surface area (Å²) in [4.78, 5) is 19.1. The highest BCUT2D eigenvalue weighted by molar-refractivity contribution is 9.10. The Kier molecular flexibility index (Phi) is 6.53. The van der Waals surface area contributed by atoms with Crippen LogP contribution in [0.15, 0.2) is 57.8 Å². The Labute approximate surface area is 192 Å². The van der Waals surface area contributed by atoms with Crippen LogP contribution in [0.4, 0.5) is 5.82 Å². The SMILES string of the molecule is CCN(CCCNc1cc(-c2ccccc2O)nc2c(Br)cnn12)C(=O)c1ccsc1. The van der Waals surface area contributed by atoms with E-state index in [1.54, 1.807) is 22.8 Å². The van der Waals surface area contributed by atoms with Crippen molar-refractivity contribution < 1.29 is 9.90 Å². The topological polar surface area (TPSA) is 82.8 Å². The standard InChI is InChI=1S/C22H22BrN5O2S/c1-2-27(22(30)15-8-11-31-14-15)10-5-9-24-20-12-18(16-6-3-4-7-19(16)29)26-21-17(23)13-25-28(20)21/h3-4,6-8,11-14,24,29H,2,5,9-10H2,1H3. The Balaban J connectivity index is 1.49. The third kappa shape index (κ3) is 4.57. The van der Waals surface area contributed by atoms with Crippen molar-refractivity contribution in [3.05, 3.63) is 63.4 Å². The molecule has 0 saturated carbocycles. The molecule has 3 aromatic heterocycles. The van der Waals surface area contributed by atoms with Crippen molar-refractivity contribution in [3.8, 4) is 17.0 Å². The van der Waals surface area contributed by atoms with Gasteiger partial charge in [-0.05, 0) is 52.9 Å². The molecule has 0 bridgehead atoms. The van der Waals surface area contributed by atoms with Crippen LogP contribution >= 0.6 is 27.3 Å². The number of benzene rings is 1. The van der Waals surface area contributed by atoms with Crippen LogP contribution in [0.3, 0.4) is 0 Å². The maximum atomic E-state index is 12.6. The summed E-state index contributed by atoms with van der Waals surface area (Å²) in [6.45, 7) is 3.97. The Hall–Kier alpha value is -2.91. The molecule has 160 valence electrons. The first kappa shape index (κ1) is 21.3. The number of aromatic hydroxyl groups is 1. The van der Waals surface area contributed by atoms with Gasteiger partial charge in [0.15, 0.2) is 5.65 Å². The lowest BCUT2D eigenvalue weighted by atomic mass is 10.1. The summed E-state index contributed by atoms with van der Waals surface area (Å²) in [5.41, 5.74) is 2.70. The first-order valence-corrected chi connectivity index (χ1v) is 11.7. The minimum Gasteiger partial charge on any atom is -0.507 e. The lowest BCUT2D eigenvalue weighted by Gasteiger charge is -2.20. The van der Waals surface area contributed by atoms with E-state index in [1.807, 2.05) is 46.8 Å². The molecular weight excluding hydrogens is 478 g/mol. The third-order valence-corrected chi connectivity index (χ3v) is 6.20. The van der Waals surface area contributed by atoms with Gasteiger partial charge in [-0.1, -0.05) is 12.1 Å². The molecule has 9 heteroatoms. The van der Waals surface area contributed by atoms with Gasteiger partial charge in [-0.3, -0.25) is 4.79 Å². The number of hydrogen-bond donors (Lipinski definition) is 2. The molecule has 0 fully saturated rings. The number of anilines is 1. The monoisotopic (exact) mass is 499 g/mol. The summed E-state index contributed by atoms with van der Waals surface area (Å²) in [5.74, 6) is 1.00. The summed E-state index contributed by atoms with van der Waals surface area (Å²) in [5, 5.41) is 21.8. The molecule has 4 rings (SSSR count). The molecule has 31 heavy (non-hydrogen) atoms. The maximum Gasteiger partial charge on any atom is 0.254 e. The Morgan fingerprint density at radius 3 is 2.90 bits per heavy atom. The Bertz CT molecular complexity index is 1190. The molecule has 0 aliphatic heterocycles. The van der Waals surface area contributed by atoms with Gasteiger partial charge < -0.3 is 15.3 Å². The summed E-state index contributed by atoms with van der Waals surface area (Å²) in [6.07, 6.45) is 2.47. The molecule has 1 aromatic carbocycles. The van der Waals surface area contributed by atoms with E-state index in [0.717, 1.165) is 22.3 Å². The highest BCUT2D eigenvalue weighted by Crippen LogP contribution is 2.31. The molecule has 0 aliphatic rings. The summed E-state index contributed by atoms with van der Waals surface area (Å²) >= 11 is 5.02. The molecule has 1 amide bonds. The number of phenolic OH excluding ortho intramolecular Hbond substituents is 1. The number of rotatable bonds is 8. The van der Waals surface area contributed by atoms with Gasteiger partial charge in [0, 0.05) is 36.6 Å². The highest BCUT2D eigenvalue weighted by Gasteiger charge is 2.15. The van der Waals surface area contributed by atoms with E-state index in [4.69, 9.17) is 0 Å². The first-order valence-electron chi connectivity index (χ1n) is 9.96. The van der Waals surface area contributed by atoms with Crippen LogP contribution in [0, 0.1) is 0 Å². The fourth-order valence-electron chi connectivity index (χ4n) is 3.35. The van der Waals surface area contributed by atoms with Gasteiger partial charge in [-0.25, -0.2) is 4.98 Å². The van der Waals surface area contributed by atoms with Gasteiger partial charge in [0.2, 0.25) is 0 Å². The fourth-order valence-corrected chi connectivity index (χ4v) is 4.33. The van der Waals surface area contributed by atoms with Gasteiger partial charge in [0.05, 0.1) is 21.9 Å². The zero-order valence-corrected chi connectivity index (χ0v) is 19.4. The number of nitrogens with zero attached hydrogens (tertiary/aromatic N) is 4. The minimum atomic E-state index is 0.0629. The van der Waals surface area contributed by atoms with Crippen LogP contribution in [-0.4, -0.2) is 50.1 Å². The molecule has 7 nitrogen and oxygen atoms in total. The molecule has 0 atom stereocenters. The molecule has 0 saturated heterocycles. The molecule has 2 N–H and O–H groups in total. The number of para-hydroxylation sites is 1. The smallest absolute Gasteiger partial charge is 0.254 e. The molecule has 4 aromatic rings. The number of fused-ring (bicyclic) bond motifs is 1. The van der Waals surface area contributed by atoms with E-state index < -0.39 is 0 Å². The molecular formula is C22H22BrN5O2S. The average Bonchev–Trinajstić information content (AvgIpc) is 3.44. The van der Waals surface area contributed by atoms with Crippen molar-refractivity contribution in [3.63, 3.8) is 0 Å².